The van der Waals surface area contributed by atoms with Crippen molar-refractivity contribution >= 4 is 0 Å². The van der Waals surface area contributed by atoms with Crippen molar-refractivity contribution < 1.29 is 10.2 Å². The van der Waals surface area contributed by atoms with Gasteiger partial charge >= 0.3 is 0 Å². The maximum atomic E-state index is 9.73. The quantitative estimate of drug-likeness (QED) is 0.489. The lowest BCUT2D eigenvalue weighted by Gasteiger charge is -2.20. The molecule has 0 radical (unpaired) electrons. The van der Waals surface area contributed by atoms with Gasteiger partial charge in [0.2, 0.25) is 0 Å². The first-order valence-corrected chi connectivity index (χ1v) is 5.59. The summed E-state index contributed by atoms with van der Waals surface area (Å²) < 4.78 is 0. The van der Waals surface area contributed by atoms with E-state index in [0.29, 0.717) is 0 Å². The SMILES string of the molecule is CCCC/C=C/[C@H](C)[C@@H](O)[C@@H](C)CO. The fourth-order valence-corrected chi connectivity index (χ4v) is 1.37. The first-order valence-electron chi connectivity index (χ1n) is 5.59. The van der Waals surface area contributed by atoms with Gasteiger partial charge in [0, 0.05) is 18.4 Å². The molecule has 14 heavy (non-hydrogen) atoms. The van der Waals surface area contributed by atoms with E-state index in [4.69, 9.17) is 5.11 Å². The minimum Gasteiger partial charge on any atom is -0.396 e. The monoisotopic (exact) mass is 200 g/mol. The summed E-state index contributed by atoms with van der Waals surface area (Å²) >= 11 is 0. The summed E-state index contributed by atoms with van der Waals surface area (Å²) in [5.41, 5.74) is 0. The lowest BCUT2D eigenvalue weighted by Crippen LogP contribution is -2.26. The minimum absolute atomic E-state index is 0.0409. The second kappa shape index (κ2) is 8.01. The zero-order valence-corrected chi connectivity index (χ0v) is 9.61. The van der Waals surface area contributed by atoms with Gasteiger partial charge in [-0.25, -0.2) is 0 Å². The van der Waals surface area contributed by atoms with Crippen LogP contribution in [0.1, 0.15) is 40.0 Å². The van der Waals surface area contributed by atoms with E-state index in [0.717, 1.165) is 6.42 Å². The van der Waals surface area contributed by atoms with Crippen molar-refractivity contribution in [2.45, 2.75) is 46.1 Å². The molecule has 0 saturated heterocycles. The van der Waals surface area contributed by atoms with Crippen molar-refractivity contribution in [2.24, 2.45) is 11.8 Å². The highest BCUT2D eigenvalue weighted by atomic mass is 16.3. The zero-order chi connectivity index (χ0) is 11.0. The Labute approximate surface area is 87.7 Å². The van der Waals surface area contributed by atoms with E-state index in [1.807, 2.05) is 19.9 Å². The van der Waals surface area contributed by atoms with Crippen molar-refractivity contribution in [3.8, 4) is 0 Å². The van der Waals surface area contributed by atoms with Crippen molar-refractivity contribution in [2.75, 3.05) is 6.61 Å². The number of aliphatic hydroxyl groups is 2. The van der Waals surface area contributed by atoms with Crippen LogP contribution in [-0.2, 0) is 0 Å². The van der Waals surface area contributed by atoms with E-state index in [1.54, 1.807) is 0 Å². The highest BCUT2D eigenvalue weighted by Gasteiger charge is 2.17. The maximum absolute atomic E-state index is 9.73. The highest BCUT2D eigenvalue weighted by molar-refractivity contribution is 4.90. The summed E-state index contributed by atoms with van der Waals surface area (Å²) in [6.07, 6.45) is 7.23. The fourth-order valence-electron chi connectivity index (χ4n) is 1.37. The molecule has 0 bridgehead atoms. The molecule has 0 aliphatic heterocycles. The third kappa shape index (κ3) is 5.40. The molecule has 0 rings (SSSR count). The second-order valence-electron chi connectivity index (χ2n) is 4.08. The molecule has 0 aromatic rings. The first-order chi connectivity index (χ1) is 6.63. The fraction of sp³-hybridized carbons (Fsp3) is 0.833. The van der Waals surface area contributed by atoms with Crippen LogP contribution in [0, 0.1) is 11.8 Å². The van der Waals surface area contributed by atoms with Crippen molar-refractivity contribution in [1.29, 1.82) is 0 Å². The lowest BCUT2D eigenvalue weighted by atomic mass is 9.93. The number of rotatable bonds is 7. The standard InChI is InChI=1S/C12H24O2/c1-4-5-6-7-8-10(2)12(14)11(3)9-13/h7-8,10-14H,4-6,9H2,1-3H3/b8-7+/t10-,11-,12+/m0/s1. The normalized spacial score (nSPS) is 18.4. The number of aliphatic hydroxyl groups excluding tert-OH is 2. The van der Waals surface area contributed by atoms with Gasteiger partial charge in [-0.3, -0.25) is 0 Å². The largest absolute Gasteiger partial charge is 0.396 e. The minimum atomic E-state index is -0.433. The Kier molecular flexibility index (Phi) is 7.81. The van der Waals surface area contributed by atoms with Gasteiger partial charge in [0.15, 0.2) is 0 Å². The highest BCUT2D eigenvalue weighted by Crippen LogP contribution is 2.14. The maximum Gasteiger partial charge on any atom is 0.0647 e. The van der Waals surface area contributed by atoms with Gasteiger partial charge in [0.25, 0.3) is 0 Å². The average Bonchev–Trinajstić information content (AvgIpc) is 2.21. The lowest BCUT2D eigenvalue weighted by molar-refractivity contribution is 0.0512. The van der Waals surface area contributed by atoms with Crippen LogP contribution in [0.4, 0.5) is 0 Å². The Morgan fingerprint density at radius 2 is 1.93 bits per heavy atom. The van der Waals surface area contributed by atoms with Crippen LogP contribution >= 0.6 is 0 Å². The summed E-state index contributed by atoms with van der Waals surface area (Å²) in [7, 11) is 0. The molecule has 3 atom stereocenters. The molecule has 0 spiro atoms. The summed E-state index contributed by atoms with van der Waals surface area (Å²) in [5, 5.41) is 18.6. The molecule has 0 aromatic carbocycles. The summed E-state index contributed by atoms with van der Waals surface area (Å²) in [4.78, 5) is 0. The van der Waals surface area contributed by atoms with Crippen molar-refractivity contribution in [3.05, 3.63) is 12.2 Å². The van der Waals surface area contributed by atoms with Crippen LogP contribution in [0.5, 0.6) is 0 Å². The number of hydrogen-bond donors (Lipinski definition) is 2. The van der Waals surface area contributed by atoms with Gasteiger partial charge < -0.3 is 10.2 Å². The first kappa shape index (κ1) is 13.7. The summed E-state index contributed by atoms with van der Waals surface area (Å²) in [6.45, 7) is 6.06. The summed E-state index contributed by atoms with van der Waals surface area (Å²) in [5.74, 6) is 0.0924. The third-order valence-electron chi connectivity index (χ3n) is 2.57. The number of allylic oxidation sites excluding steroid dienone is 1. The van der Waals surface area contributed by atoms with Gasteiger partial charge in [-0.05, 0) is 6.42 Å². The predicted octanol–water partition coefficient (Wildman–Crippen LogP) is 2.36. The molecule has 0 aromatic heterocycles. The van der Waals surface area contributed by atoms with Gasteiger partial charge in [-0.15, -0.1) is 0 Å². The van der Waals surface area contributed by atoms with Crippen molar-refractivity contribution in [3.63, 3.8) is 0 Å². The van der Waals surface area contributed by atoms with Crippen LogP contribution in [0.2, 0.25) is 0 Å². The molecule has 0 aliphatic carbocycles. The van der Waals surface area contributed by atoms with Gasteiger partial charge in [-0.2, -0.15) is 0 Å². The Hall–Kier alpha value is -0.340. The van der Waals surface area contributed by atoms with E-state index in [9.17, 15) is 5.11 Å². The van der Waals surface area contributed by atoms with Crippen LogP contribution in [0.25, 0.3) is 0 Å². The summed E-state index contributed by atoms with van der Waals surface area (Å²) in [6, 6.07) is 0. The van der Waals surface area contributed by atoms with E-state index in [-0.39, 0.29) is 18.4 Å². The Bertz CT molecular complexity index is 154. The number of unbranched alkanes of at least 4 members (excludes halogenated alkanes) is 2. The Morgan fingerprint density at radius 1 is 1.29 bits per heavy atom. The molecular formula is C12H24O2. The Balaban J connectivity index is 3.81. The van der Waals surface area contributed by atoms with Crippen LogP contribution in [-0.4, -0.2) is 22.9 Å². The average molecular weight is 200 g/mol. The number of hydrogen-bond acceptors (Lipinski definition) is 2. The molecule has 0 heterocycles. The predicted molar refractivity (Wildman–Crippen MR) is 60.1 cm³/mol. The molecule has 0 unspecified atom stereocenters. The molecule has 0 amide bonds. The molecule has 2 heteroatoms. The van der Waals surface area contributed by atoms with Gasteiger partial charge in [-0.1, -0.05) is 45.8 Å². The molecule has 0 aliphatic rings. The van der Waals surface area contributed by atoms with Crippen LogP contribution in [0.15, 0.2) is 12.2 Å². The second-order valence-corrected chi connectivity index (χ2v) is 4.08. The molecule has 84 valence electrons. The molecule has 0 fully saturated rings. The van der Waals surface area contributed by atoms with Crippen LogP contribution < -0.4 is 0 Å². The van der Waals surface area contributed by atoms with E-state index in [1.165, 1.54) is 12.8 Å². The van der Waals surface area contributed by atoms with Gasteiger partial charge in [0.05, 0.1) is 6.10 Å². The smallest absolute Gasteiger partial charge is 0.0647 e. The molecule has 2 nitrogen and oxygen atoms in total. The molecule has 2 N–H and O–H groups in total. The zero-order valence-electron chi connectivity index (χ0n) is 9.61. The molecule has 0 saturated carbocycles. The van der Waals surface area contributed by atoms with E-state index < -0.39 is 6.10 Å². The van der Waals surface area contributed by atoms with E-state index >= 15 is 0 Å². The van der Waals surface area contributed by atoms with Gasteiger partial charge in [0.1, 0.15) is 0 Å². The third-order valence-corrected chi connectivity index (χ3v) is 2.57. The van der Waals surface area contributed by atoms with Crippen LogP contribution in [0.3, 0.4) is 0 Å². The Morgan fingerprint density at radius 3 is 2.43 bits per heavy atom. The topological polar surface area (TPSA) is 40.5 Å². The van der Waals surface area contributed by atoms with E-state index in [2.05, 4.69) is 13.0 Å². The molecular weight excluding hydrogens is 176 g/mol. The van der Waals surface area contributed by atoms with Crippen molar-refractivity contribution in [1.82, 2.24) is 0 Å².